The number of nitrogens with zero attached hydrogens (tertiary/aromatic N) is 1. The molecule has 2 amide bonds. The van der Waals surface area contributed by atoms with Crippen LogP contribution in [0.1, 0.15) is 26.3 Å². The van der Waals surface area contributed by atoms with Crippen LogP contribution < -0.4 is 10.9 Å². The van der Waals surface area contributed by atoms with Crippen molar-refractivity contribution in [1.29, 1.82) is 0 Å². The minimum Gasteiger partial charge on any atom is -0.267 e. The Morgan fingerprint density at radius 3 is 2.39 bits per heavy atom. The van der Waals surface area contributed by atoms with Crippen LogP contribution >= 0.6 is 15.9 Å². The molecule has 0 aliphatic rings. The highest BCUT2D eigenvalue weighted by atomic mass is 79.9. The summed E-state index contributed by atoms with van der Waals surface area (Å²) in [4.78, 5) is 34.3. The number of hydrogen-bond acceptors (Lipinski definition) is 4. The van der Waals surface area contributed by atoms with E-state index < -0.39 is 16.7 Å². The summed E-state index contributed by atoms with van der Waals surface area (Å²) in [6, 6.07) is 10.8. The number of carbonyl (C=O) groups is 2. The summed E-state index contributed by atoms with van der Waals surface area (Å²) in [6.07, 6.45) is 0. The fourth-order valence-corrected chi connectivity index (χ4v) is 2.31. The van der Waals surface area contributed by atoms with Crippen LogP contribution in [0.5, 0.6) is 0 Å². The number of benzene rings is 2. The molecule has 0 radical (unpaired) electrons. The normalized spacial score (nSPS) is 10.0. The molecule has 2 aromatic carbocycles. The number of hydrazine groups is 1. The predicted octanol–water partition coefficient (Wildman–Crippen LogP) is 2.74. The maximum absolute atomic E-state index is 12.0. The van der Waals surface area contributed by atoms with Crippen LogP contribution in [0.25, 0.3) is 0 Å². The lowest BCUT2D eigenvalue weighted by atomic mass is 10.1. The van der Waals surface area contributed by atoms with Gasteiger partial charge in [-0.1, -0.05) is 18.2 Å². The maximum atomic E-state index is 12.0. The number of amides is 2. The molecule has 0 bridgehead atoms. The molecule has 0 spiro atoms. The SMILES string of the molecule is Cc1ccc(C(=O)NNC(=O)c2ccccc2Br)cc1[N+](=O)[O-]. The highest BCUT2D eigenvalue weighted by Gasteiger charge is 2.16. The van der Waals surface area contributed by atoms with Gasteiger partial charge in [0.15, 0.2) is 0 Å². The topological polar surface area (TPSA) is 101 Å². The molecule has 0 saturated heterocycles. The molecule has 7 nitrogen and oxygen atoms in total. The Morgan fingerprint density at radius 1 is 1.09 bits per heavy atom. The van der Waals surface area contributed by atoms with Gasteiger partial charge in [0.05, 0.1) is 10.5 Å². The molecule has 2 rings (SSSR count). The van der Waals surface area contributed by atoms with Crippen LogP contribution in [-0.4, -0.2) is 16.7 Å². The fraction of sp³-hybridized carbons (Fsp3) is 0.0667. The van der Waals surface area contributed by atoms with Crippen molar-refractivity contribution in [2.45, 2.75) is 6.92 Å². The van der Waals surface area contributed by atoms with E-state index in [2.05, 4.69) is 26.8 Å². The summed E-state index contributed by atoms with van der Waals surface area (Å²) in [7, 11) is 0. The molecule has 0 aromatic heterocycles. The predicted molar refractivity (Wildman–Crippen MR) is 86.9 cm³/mol. The third-order valence-electron chi connectivity index (χ3n) is 3.08. The van der Waals surface area contributed by atoms with Crippen LogP contribution in [0.4, 0.5) is 5.69 Å². The molecule has 118 valence electrons. The van der Waals surface area contributed by atoms with Gasteiger partial charge >= 0.3 is 0 Å². The summed E-state index contributed by atoms with van der Waals surface area (Å²) < 4.78 is 0.581. The summed E-state index contributed by atoms with van der Waals surface area (Å²) in [5, 5.41) is 10.9. The van der Waals surface area contributed by atoms with Gasteiger partial charge in [-0.2, -0.15) is 0 Å². The zero-order chi connectivity index (χ0) is 17.0. The van der Waals surface area contributed by atoms with Crippen molar-refractivity contribution in [2.24, 2.45) is 0 Å². The lowest BCUT2D eigenvalue weighted by molar-refractivity contribution is -0.385. The summed E-state index contributed by atoms with van der Waals surface area (Å²) >= 11 is 3.23. The van der Waals surface area contributed by atoms with E-state index in [-0.39, 0.29) is 11.3 Å². The van der Waals surface area contributed by atoms with Crippen LogP contribution in [0.3, 0.4) is 0 Å². The fourth-order valence-electron chi connectivity index (χ4n) is 1.85. The van der Waals surface area contributed by atoms with E-state index in [1.165, 1.54) is 12.1 Å². The molecule has 2 N–H and O–H groups in total. The minimum atomic E-state index is -0.645. The molecule has 0 aliphatic heterocycles. The van der Waals surface area contributed by atoms with Crippen molar-refractivity contribution >= 4 is 33.4 Å². The van der Waals surface area contributed by atoms with Gasteiger partial charge in [0, 0.05) is 21.7 Å². The Hall–Kier alpha value is -2.74. The summed E-state index contributed by atoms with van der Waals surface area (Å²) in [5.41, 5.74) is 5.21. The summed E-state index contributed by atoms with van der Waals surface area (Å²) in [6.45, 7) is 1.58. The average molecular weight is 378 g/mol. The van der Waals surface area contributed by atoms with Gasteiger partial charge in [-0.25, -0.2) is 0 Å². The standard InChI is InChI=1S/C15H12BrN3O4/c1-9-6-7-10(8-13(9)19(22)23)14(20)17-18-15(21)11-4-2-3-5-12(11)16/h2-8H,1H3,(H,17,20)(H,18,21). The molecule has 0 fully saturated rings. The van der Waals surface area contributed by atoms with Crippen LogP contribution in [0, 0.1) is 17.0 Å². The lowest BCUT2D eigenvalue weighted by Crippen LogP contribution is -2.41. The minimum absolute atomic E-state index is 0.0785. The van der Waals surface area contributed by atoms with E-state index in [9.17, 15) is 19.7 Å². The van der Waals surface area contributed by atoms with E-state index in [1.807, 2.05) is 0 Å². The number of aryl methyl sites for hydroxylation is 1. The zero-order valence-corrected chi connectivity index (χ0v) is 13.6. The number of halogens is 1. The first-order valence-corrected chi connectivity index (χ1v) is 7.29. The van der Waals surface area contributed by atoms with Crippen molar-refractivity contribution in [3.05, 3.63) is 73.7 Å². The molecule has 0 heterocycles. The average Bonchev–Trinajstić information content (AvgIpc) is 2.52. The number of nitro groups is 1. The number of hydrogen-bond donors (Lipinski definition) is 2. The van der Waals surface area contributed by atoms with Gasteiger partial charge in [-0.05, 0) is 41.1 Å². The first kappa shape index (κ1) is 16.6. The number of nitrogens with one attached hydrogen (secondary N) is 2. The Kier molecular flexibility index (Phi) is 5.07. The van der Waals surface area contributed by atoms with Crippen molar-refractivity contribution in [3.8, 4) is 0 Å². The van der Waals surface area contributed by atoms with Gasteiger partial charge in [-0.15, -0.1) is 0 Å². The molecular weight excluding hydrogens is 366 g/mol. The van der Waals surface area contributed by atoms with Crippen LogP contribution in [0.15, 0.2) is 46.9 Å². The highest BCUT2D eigenvalue weighted by Crippen LogP contribution is 2.19. The molecular formula is C15H12BrN3O4. The number of nitro benzene ring substituents is 1. The Bertz CT molecular complexity index is 792. The van der Waals surface area contributed by atoms with Gasteiger partial charge in [0.2, 0.25) is 0 Å². The van der Waals surface area contributed by atoms with Crippen LogP contribution in [-0.2, 0) is 0 Å². The second kappa shape index (κ2) is 7.01. The third-order valence-corrected chi connectivity index (χ3v) is 3.77. The van der Waals surface area contributed by atoms with Gasteiger partial charge < -0.3 is 0 Å². The molecule has 0 atom stereocenters. The largest absolute Gasteiger partial charge is 0.273 e. The molecule has 0 aliphatic carbocycles. The highest BCUT2D eigenvalue weighted by molar-refractivity contribution is 9.10. The van der Waals surface area contributed by atoms with E-state index in [0.29, 0.717) is 15.6 Å². The van der Waals surface area contributed by atoms with E-state index in [1.54, 1.807) is 31.2 Å². The zero-order valence-electron chi connectivity index (χ0n) is 12.0. The van der Waals surface area contributed by atoms with E-state index in [0.717, 1.165) is 6.07 Å². The molecule has 2 aromatic rings. The van der Waals surface area contributed by atoms with Crippen molar-refractivity contribution in [3.63, 3.8) is 0 Å². The quantitative estimate of drug-likeness (QED) is 0.633. The number of rotatable bonds is 3. The Labute approximate surface area is 139 Å². The van der Waals surface area contributed by atoms with Gasteiger partial charge in [0.25, 0.3) is 17.5 Å². The van der Waals surface area contributed by atoms with Gasteiger partial charge in [0.1, 0.15) is 0 Å². The number of carbonyl (C=O) groups excluding carboxylic acids is 2. The first-order valence-electron chi connectivity index (χ1n) is 6.50. The van der Waals surface area contributed by atoms with Crippen LogP contribution in [0.2, 0.25) is 0 Å². The summed E-state index contributed by atoms with van der Waals surface area (Å²) in [5.74, 6) is -1.15. The maximum Gasteiger partial charge on any atom is 0.273 e. The first-order chi connectivity index (χ1) is 10.9. The van der Waals surface area contributed by atoms with Gasteiger partial charge in [-0.3, -0.25) is 30.6 Å². The molecule has 0 saturated carbocycles. The smallest absolute Gasteiger partial charge is 0.267 e. The second-order valence-corrected chi connectivity index (χ2v) is 5.50. The van der Waals surface area contributed by atoms with Crippen molar-refractivity contribution in [2.75, 3.05) is 0 Å². The monoisotopic (exact) mass is 377 g/mol. The van der Waals surface area contributed by atoms with E-state index in [4.69, 9.17) is 0 Å². The Balaban J connectivity index is 2.08. The lowest BCUT2D eigenvalue weighted by Gasteiger charge is -2.09. The third kappa shape index (κ3) is 3.92. The molecule has 23 heavy (non-hydrogen) atoms. The second-order valence-electron chi connectivity index (χ2n) is 4.65. The Morgan fingerprint density at radius 2 is 1.74 bits per heavy atom. The van der Waals surface area contributed by atoms with E-state index >= 15 is 0 Å². The molecule has 8 heteroatoms. The van der Waals surface area contributed by atoms with Crippen molar-refractivity contribution in [1.82, 2.24) is 10.9 Å². The molecule has 0 unspecified atom stereocenters. The van der Waals surface area contributed by atoms with Crippen molar-refractivity contribution < 1.29 is 14.5 Å².